The van der Waals surface area contributed by atoms with Gasteiger partial charge in [0.15, 0.2) is 0 Å². The van der Waals surface area contributed by atoms with Crippen LogP contribution in [0.2, 0.25) is 0 Å². The highest BCUT2D eigenvalue weighted by Gasteiger charge is 2.21. The molecular weight excluding hydrogens is 350 g/mol. The molecule has 0 saturated carbocycles. The van der Waals surface area contributed by atoms with Gasteiger partial charge in [-0.25, -0.2) is 0 Å². The molecule has 1 nitrogen and oxygen atoms in total. The minimum absolute atomic E-state index is 0.916. The van der Waals surface area contributed by atoms with Crippen molar-refractivity contribution in [3.8, 4) is 0 Å². The molecule has 0 saturated heterocycles. The van der Waals surface area contributed by atoms with E-state index < -0.39 is 0 Å². The molecule has 1 heteroatoms. The van der Waals surface area contributed by atoms with Crippen molar-refractivity contribution < 1.29 is 0 Å². The number of hydrogen-bond donors (Lipinski definition) is 1. The molecule has 0 spiro atoms. The van der Waals surface area contributed by atoms with Crippen LogP contribution in [0.4, 0.5) is 0 Å². The molecule has 1 atom stereocenters. The Labute approximate surface area is 180 Å². The first-order valence-electron chi connectivity index (χ1n) is 13.0. The van der Waals surface area contributed by atoms with E-state index in [0.29, 0.717) is 0 Å². The summed E-state index contributed by atoms with van der Waals surface area (Å²) in [5, 5.41) is 1.48. The van der Waals surface area contributed by atoms with E-state index >= 15 is 0 Å². The SMILES string of the molecule is CCCCCCCCCCCCCCCCC1CCc2[nH]c3ccccc3c2C1. The van der Waals surface area contributed by atoms with Gasteiger partial charge in [-0.1, -0.05) is 121 Å². The van der Waals surface area contributed by atoms with Gasteiger partial charge < -0.3 is 4.98 Å². The van der Waals surface area contributed by atoms with Gasteiger partial charge in [0.25, 0.3) is 0 Å². The lowest BCUT2D eigenvalue weighted by molar-refractivity contribution is 0.403. The molecule has 3 rings (SSSR count). The van der Waals surface area contributed by atoms with Crippen LogP contribution in [-0.4, -0.2) is 4.98 Å². The van der Waals surface area contributed by atoms with Gasteiger partial charge in [-0.2, -0.15) is 0 Å². The van der Waals surface area contributed by atoms with Crippen molar-refractivity contribution in [2.24, 2.45) is 5.92 Å². The number of aromatic nitrogens is 1. The minimum atomic E-state index is 0.916. The monoisotopic (exact) mass is 395 g/mol. The first kappa shape index (κ1) is 22.4. The van der Waals surface area contributed by atoms with Crippen molar-refractivity contribution in [2.45, 2.75) is 122 Å². The molecular formula is C28H45N. The second kappa shape index (κ2) is 13.1. The fourth-order valence-corrected chi connectivity index (χ4v) is 5.32. The van der Waals surface area contributed by atoms with E-state index in [1.54, 1.807) is 5.56 Å². The Kier molecular flexibility index (Phi) is 10.2. The molecule has 1 aliphatic carbocycles. The fourth-order valence-electron chi connectivity index (χ4n) is 5.32. The maximum Gasteiger partial charge on any atom is 0.0458 e. The Hall–Kier alpha value is -1.24. The molecule has 1 N–H and O–H groups in total. The Balaban J connectivity index is 1.17. The molecule has 1 aromatic carbocycles. The number of hydrogen-bond acceptors (Lipinski definition) is 0. The molecule has 0 amide bonds. The molecule has 1 aromatic heterocycles. The second-order valence-corrected chi connectivity index (χ2v) is 9.62. The summed E-state index contributed by atoms with van der Waals surface area (Å²) in [5.41, 5.74) is 4.49. The van der Waals surface area contributed by atoms with Crippen LogP contribution >= 0.6 is 0 Å². The average molecular weight is 396 g/mol. The summed E-state index contributed by atoms with van der Waals surface area (Å²) in [6, 6.07) is 8.87. The van der Waals surface area contributed by atoms with E-state index in [-0.39, 0.29) is 0 Å². The molecule has 162 valence electrons. The number of rotatable bonds is 15. The summed E-state index contributed by atoms with van der Waals surface area (Å²) >= 11 is 0. The highest BCUT2D eigenvalue weighted by molar-refractivity contribution is 5.84. The van der Waals surface area contributed by atoms with Crippen LogP contribution in [0.15, 0.2) is 24.3 Å². The summed E-state index contributed by atoms with van der Waals surface area (Å²) in [4.78, 5) is 3.66. The summed E-state index contributed by atoms with van der Waals surface area (Å²) in [7, 11) is 0. The maximum atomic E-state index is 3.66. The lowest BCUT2D eigenvalue weighted by Gasteiger charge is -2.22. The molecule has 29 heavy (non-hydrogen) atoms. The molecule has 0 aliphatic heterocycles. The highest BCUT2D eigenvalue weighted by atomic mass is 14.7. The average Bonchev–Trinajstić information content (AvgIpc) is 3.12. The van der Waals surface area contributed by atoms with Crippen LogP contribution in [0.1, 0.15) is 121 Å². The third-order valence-corrected chi connectivity index (χ3v) is 7.16. The predicted octanol–water partition coefficient (Wildman–Crippen LogP) is 9.14. The minimum Gasteiger partial charge on any atom is -0.358 e. The second-order valence-electron chi connectivity index (χ2n) is 9.62. The normalized spacial score (nSPS) is 16.4. The number of unbranched alkanes of at least 4 members (excludes halogenated alkanes) is 13. The number of nitrogens with one attached hydrogen (secondary N) is 1. The number of aromatic amines is 1. The largest absolute Gasteiger partial charge is 0.358 e. The van der Waals surface area contributed by atoms with Crippen molar-refractivity contribution in [1.29, 1.82) is 0 Å². The predicted molar refractivity (Wildman–Crippen MR) is 129 cm³/mol. The van der Waals surface area contributed by atoms with Gasteiger partial charge in [-0.3, -0.25) is 0 Å². The zero-order valence-corrected chi connectivity index (χ0v) is 19.1. The van der Waals surface area contributed by atoms with E-state index in [1.807, 2.05) is 0 Å². The van der Waals surface area contributed by atoms with Crippen LogP contribution in [-0.2, 0) is 12.8 Å². The molecule has 0 fully saturated rings. The number of H-pyrrole nitrogens is 1. The van der Waals surface area contributed by atoms with Crippen LogP contribution in [0.3, 0.4) is 0 Å². The Morgan fingerprint density at radius 2 is 1.34 bits per heavy atom. The quantitative estimate of drug-likeness (QED) is 0.289. The first-order valence-corrected chi connectivity index (χ1v) is 13.0. The summed E-state index contributed by atoms with van der Waals surface area (Å²) in [6.45, 7) is 2.30. The van der Waals surface area contributed by atoms with Gasteiger partial charge >= 0.3 is 0 Å². The molecule has 1 heterocycles. The van der Waals surface area contributed by atoms with E-state index in [2.05, 4.69) is 36.2 Å². The number of aryl methyl sites for hydroxylation is 1. The number of para-hydroxylation sites is 1. The van der Waals surface area contributed by atoms with E-state index in [1.165, 1.54) is 132 Å². The zero-order chi connectivity index (χ0) is 20.2. The lowest BCUT2D eigenvalue weighted by Crippen LogP contribution is -2.13. The van der Waals surface area contributed by atoms with Gasteiger partial charge in [0.1, 0.15) is 0 Å². The maximum absolute atomic E-state index is 3.66. The molecule has 1 unspecified atom stereocenters. The fraction of sp³-hybridized carbons (Fsp3) is 0.714. The Bertz CT molecular complexity index is 683. The summed E-state index contributed by atoms with van der Waals surface area (Å²) in [5.74, 6) is 0.916. The molecule has 2 aromatic rings. The topological polar surface area (TPSA) is 15.8 Å². The highest BCUT2D eigenvalue weighted by Crippen LogP contribution is 2.33. The molecule has 0 bridgehead atoms. The molecule has 1 aliphatic rings. The number of benzene rings is 1. The van der Waals surface area contributed by atoms with Crippen molar-refractivity contribution >= 4 is 10.9 Å². The van der Waals surface area contributed by atoms with Crippen LogP contribution in [0.25, 0.3) is 10.9 Å². The molecule has 0 radical (unpaired) electrons. The van der Waals surface area contributed by atoms with Crippen molar-refractivity contribution in [3.63, 3.8) is 0 Å². The standard InChI is InChI=1S/C28H45N/c1-2-3-4-5-6-7-8-9-10-11-12-13-14-15-18-24-21-22-28-26(23-24)25-19-16-17-20-27(25)29-28/h16-17,19-20,24,29H,2-15,18,21-23H2,1H3. The van der Waals surface area contributed by atoms with Crippen LogP contribution in [0.5, 0.6) is 0 Å². The number of fused-ring (bicyclic) bond motifs is 3. The van der Waals surface area contributed by atoms with E-state index in [0.717, 1.165) is 5.92 Å². The smallest absolute Gasteiger partial charge is 0.0458 e. The van der Waals surface area contributed by atoms with Crippen LogP contribution in [0, 0.1) is 5.92 Å². The third kappa shape index (κ3) is 7.50. The first-order chi connectivity index (χ1) is 14.4. The lowest BCUT2D eigenvalue weighted by atomic mass is 9.83. The van der Waals surface area contributed by atoms with Crippen molar-refractivity contribution in [1.82, 2.24) is 4.98 Å². The van der Waals surface area contributed by atoms with Gasteiger partial charge in [0.05, 0.1) is 0 Å². The van der Waals surface area contributed by atoms with Gasteiger partial charge in [0, 0.05) is 16.6 Å². The Morgan fingerprint density at radius 1 is 0.759 bits per heavy atom. The van der Waals surface area contributed by atoms with Crippen LogP contribution < -0.4 is 0 Å². The van der Waals surface area contributed by atoms with Gasteiger partial charge in [0.2, 0.25) is 0 Å². The third-order valence-electron chi connectivity index (χ3n) is 7.16. The van der Waals surface area contributed by atoms with Gasteiger partial charge in [-0.15, -0.1) is 0 Å². The van der Waals surface area contributed by atoms with Gasteiger partial charge in [-0.05, 0) is 36.8 Å². The Morgan fingerprint density at radius 3 is 2.00 bits per heavy atom. The zero-order valence-electron chi connectivity index (χ0n) is 19.1. The summed E-state index contributed by atoms with van der Waals surface area (Å²) in [6.07, 6.45) is 25.8. The summed E-state index contributed by atoms with van der Waals surface area (Å²) < 4.78 is 0. The van der Waals surface area contributed by atoms with Crippen molar-refractivity contribution in [2.75, 3.05) is 0 Å². The van der Waals surface area contributed by atoms with E-state index in [4.69, 9.17) is 0 Å². The van der Waals surface area contributed by atoms with E-state index in [9.17, 15) is 0 Å². The van der Waals surface area contributed by atoms with Crippen molar-refractivity contribution in [3.05, 3.63) is 35.5 Å².